The Morgan fingerprint density at radius 3 is 2.71 bits per heavy atom. The molecule has 74 valence electrons. The van der Waals surface area contributed by atoms with Crippen LogP contribution in [-0.2, 0) is 4.79 Å². The Morgan fingerprint density at radius 2 is 2.14 bits per heavy atom. The molecule has 0 aliphatic carbocycles. The first-order valence-electron chi connectivity index (χ1n) is 3.88. The number of carboxylic acids is 1. The van der Waals surface area contributed by atoms with E-state index in [0.29, 0.717) is 5.56 Å². The smallest absolute Gasteiger partial charge is 0.328 e. The number of hydrogen-bond donors (Lipinski definition) is 1. The van der Waals surface area contributed by atoms with E-state index in [4.69, 9.17) is 5.11 Å². The molecular weight excluding hydrogens is 190 g/mol. The van der Waals surface area contributed by atoms with Crippen LogP contribution in [0.3, 0.4) is 0 Å². The van der Waals surface area contributed by atoms with Crippen molar-refractivity contribution in [1.82, 2.24) is 0 Å². The van der Waals surface area contributed by atoms with Crippen molar-refractivity contribution in [2.45, 2.75) is 6.43 Å². The predicted molar refractivity (Wildman–Crippen MR) is 48.1 cm³/mol. The highest BCUT2D eigenvalue weighted by Gasteiger charge is 2.05. The topological polar surface area (TPSA) is 37.3 Å². The monoisotopic (exact) mass is 198 g/mol. The average molecular weight is 198 g/mol. The van der Waals surface area contributed by atoms with E-state index in [1.165, 1.54) is 24.3 Å². The largest absolute Gasteiger partial charge is 0.478 e. The molecule has 0 spiro atoms. The SMILES string of the molecule is O=C(O)C=Cc1cccc(C(F)F)c1. The number of aliphatic carboxylic acids is 1. The van der Waals surface area contributed by atoms with Crippen LogP contribution in [0.1, 0.15) is 17.6 Å². The molecule has 0 aliphatic rings. The summed E-state index contributed by atoms with van der Waals surface area (Å²) in [7, 11) is 0. The first kappa shape index (κ1) is 10.4. The van der Waals surface area contributed by atoms with Crippen LogP contribution in [0.4, 0.5) is 8.78 Å². The summed E-state index contributed by atoms with van der Waals surface area (Å²) in [6.07, 6.45) is -0.355. The third kappa shape index (κ3) is 2.97. The first-order chi connectivity index (χ1) is 6.59. The third-order valence-electron chi connectivity index (χ3n) is 1.58. The summed E-state index contributed by atoms with van der Waals surface area (Å²) in [6, 6.07) is 5.57. The van der Waals surface area contributed by atoms with Gasteiger partial charge in [-0.1, -0.05) is 18.2 Å². The Morgan fingerprint density at radius 1 is 1.43 bits per heavy atom. The lowest BCUT2D eigenvalue weighted by Gasteiger charge is -1.99. The van der Waals surface area contributed by atoms with E-state index in [9.17, 15) is 13.6 Å². The van der Waals surface area contributed by atoms with Gasteiger partial charge in [-0.3, -0.25) is 0 Å². The summed E-state index contributed by atoms with van der Waals surface area (Å²) in [4.78, 5) is 10.2. The zero-order valence-electron chi connectivity index (χ0n) is 7.15. The fourth-order valence-corrected chi connectivity index (χ4v) is 0.966. The average Bonchev–Trinajstić information content (AvgIpc) is 2.15. The number of carboxylic acid groups (broad SMARTS) is 1. The maximum absolute atomic E-state index is 12.2. The fourth-order valence-electron chi connectivity index (χ4n) is 0.966. The van der Waals surface area contributed by atoms with Gasteiger partial charge >= 0.3 is 5.97 Å². The maximum atomic E-state index is 12.2. The van der Waals surface area contributed by atoms with Gasteiger partial charge in [0, 0.05) is 11.6 Å². The van der Waals surface area contributed by atoms with Crippen LogP contribution in [0, 0.1) is 0 Å². The van der Waals surface area contributed by atoms with Crippen molar-refractivity contribution in [1.29, 1.82) is 0 Å². The standard InChI is InChI=1S/C10H8F2O2/c11-10(12)8-3-1-2-7(6-8)4-5-9(13)14/h1-6,10H,(H,13,14). The molecule has 0 bridgehead atoms. The minimum atomic E-state index is -2.53. The van der Waals surface area contributed by atoms with Crippen molar-refractivity contribution < 1.29 is 18.7 Å². The van der Waals surface area contributed by atoms with Gasteiger partial charge in [-0.2, -0.15) is 0 Å². The van der Waals surface area contributed by atoms with Gasteiger partial charge in [0.2, 0.25) is 0 Å². The molecule has 0 aromatic heterocycles. The van der Waals surface area contributed by atoms with Gasteiger partial charge in [-0.05, 0) is 17.7 Å². The van der Waals surface area contributed by atoms with Crippen LogP contribution in [0.15, 0.2) is 30.3 Å². The summed E-state index contributed by atoms with van der Waals surface area (Å²) in [5, 5.41) is 8.32. The highest BCUT2D eigenvalue weighted by Crippen LogP contribution is 2.19. The zero-order valence-corrected chi connectivity index (χ0v) is 7.15. The van der Waals surface area contributed by atoms with E-state index < -0.39 is 12.4 Å². The summed E-state index contributed by atoms with van der Waals surface area (Å²) < 4.78 is 24.4. The van der Waals surface area contributed by atoms with Crippen molar-refractivity contribution >= 4 is 12.0 Å². The molecule has 0 saturated heterocycles. The predicted octanol–water partition coefficient (Wildman–Crippen LogP) is 2.72. The summed E-state index contributed by atoms with van der Waals surface area (Å²) >= 11 is 0. The minimum absolute atomic E-state index is 0.113. The van der Waals surface area contributed by atoms with Gasteiger partial charge in [-0.25, -0.2) is 13.6 Å². The van der Waals surface area contributed by atoms with Crippen LogP contribution in [0.5, 0.6) is 0 Å². The Kier molecular flexibility index (Phi) is 3.34. The van der Waals surface area contributed by atoms with E-state index in [0.717, 1.165) is 6.08 Å². The van der Waals surface area contributed by atoms with Crippen molar-refractivity contribution in [3.8, 4) is 0 Å². The highest BCUT2D eigenvalue weighted by atomic mass is 19.3. The molecule has 0 amide bonds. The Labute approximate surface area is 79.5 Å². The van der Waals surface area contributed by atoms with Gasteiger partial charge in [0.15, 0.2) is 0 Å². The van der Waals surface area contributed by atoms with Crippen molar-refractivity contribution in [2.75, 3.05) is 0 Å². The molecular formula is C10H8F2O2. The van der Waals surface area contributed by atoms with Crippen LogP contribution >= 0.6 is 0 Å². The van der Waals surface area contributed by atoms with Crippen molar-refractivity contribution in [3.63, 3.8) is 0 Å². The fraction of sp³-hybridized carbons (Fsp3) is 0.100. The lowest BCUT2D eigenvalue weighted by molar-refractivity contribution is -0.131. The number of carbonyl (C=O) groups is 1. The maximum Gasteiger partial charge on any atom is 0.328 e. The van der Waals surface area contributed by atoms with E-state index in [1.807, 2.05) is 0 Å². The second-order valence-corrected chi connectivity index (χ2v) is 2.64. The molecule has 0 fully saturated rings. The second kappa shape index (κ2) is 4.50. The molecule has 14 heavy (non-hydrogen) atoms. The van der Waals surface area contributed by atoms with E-state index in [2.05, 4.69) is 0 Å². The van der Waals surface area contributed by atoms with Gasteiger partial charge in [-0.15, -0.1) is 0 Å². The quantitative estimate of drug-likeness (QED) is 0.758. The van der Waals surface area contributed by atoms with Crippen molar-refractivity contribution in [3.05, 3.63) is 41.5 Å². The summed E-state index contributed by atoms with van der Waals surface area (Å²) in [5.41, 5.74) is 0.336. The molecule has 1 aromatic rings. The zero-order chi connectivity index (χ0) is 10.6. The minimum Gasteiger partial charge on any atom is -0.478 e. The molecule has 0 atom stereocenters. The molecule has 0 unspecified atom stereocenters. The number of alkyl halides is 2. The summed E-state index contributed by atoms with van der Waals surface area (Å²) in [5.74, 6) is -1.10. The molecule has 1 aromatic carbocycles. The lowest BCUT2D eigenvalue weighted by atomic mass is 10.1. The molecule has 0 heterocycles. The number of rotatable bonds is 3. The van der Waals surface area contributed by atoms with E-state index >= 15 is 0 Å². The van der Waals surface area contributed by atoms with Crippen LogP contribution in [0.25, 0.3) is 6.08 Å². The van der Waals surface area contributed by atoms with Crippen LogP contribution in [0.2, 0.25) is 0 Å². The third-order valence-corrected chi connectivity index (χ3v) is 1.58. The molecule has 0 aliphatic heterocycles. The Hall–Kier alpha value is -1.71. The first-order valence-corrected chi connectivity index (χ1v) is 3.88. The molecule has 4 heteroatoms. The van der Waals surface area contributed by atoms with E-state index in [-0.39, 0.29) is 5.56 Å². The number of hydrogen-bond acceptors (Lipinski definition) is 1. The molecule has 0 radical (unpaired) electrons. The Bertz CT molecular complexity index is 359. The molecule has 1 N–H and O–H groups in total. The molecule has 2 nitrogen and oxygen atoms in total. The van der Waals surface area contributed by atoms with Gasteiger partial charge in [0.25, 0.3) is 6.43 Å². The normalized spacial score (nSPS) is 11.1. The van der Waals surface area contributed by atoms with Crippen LogP contribution < -0.4 is 0 Å². The van der Waals surface area contributed by atoms with Gasteiger partial charge in [0.05, 0.1) is 0 Å². The Balaban J connectivity index is 2.89. The number of benzene rings is 1. The van der Waals surface area contributed by atoms with Gasteiger partial charge < -0.3 is 5.11 Å². The lowest BCUT2D eigenvalue weighted by Crippen LogP contribution is -1.87. The summed E-state index contributed by atoms with van der Waals surface area (Å²) in [6.45, 7) is 0. The van der Waals surface area contributed by atoms with Crippen molar-refractivity contribution in [2.24, 2.45) is 0 Å². The highest BCUT2D eigenvalue weighted by molar-refractivity contribution is 5.85. The van der Waals surface area contributed by atoms with Crippen LogP contribution in [-0.4, -0.2) is 11.1 Å². The molecule has 1 rings (SSSR count). The van der Waals surface area contributed by atoms with Gasteiger partial charge in [0.1, 0.15) is 0 Å². The number of halogens is 2. The van der Waals surface area contributed by atoms with E-state index in [1.54, 1.807) is 6.07 Å². The second-order valence-electron chi connectivity index (χ2n) is 2.64. The molecule has 0 saturated carbocycles.